The fourth-order valence-electron chi connectivity index (χ4n) is 6.05. The zero-order valence-electron chi connectivity index (χ0n) is 17.4. The van der Waals surface area contributed by atoms with Crippen molar-refractivity contribution in [3.05, 3.63) is 47.2 Å². The number of hydrogen-bond donors (Lipinski definition) is 1. The molecule has 1 saturated carbocycles. The molecule has 2 heterocycles. The highest BCUT2D eigenvalue weighted by Gasteiger charge is 2.68. The molecule has 2 aliphatic carbocycles. The molecule has 5 rings (SSSR count). The van der Waals surface area contributed by atoms with Gasteiger partial charge >= 0.3 is 0 Å². The smallest absolute Gasteiger partial charge is 0.235 e. The predicted molar refractivity (Wildman–Crippen MR) is 107 cm³/mol. The van der Waals surface area contributed by atoms with E-state index in [1.165, 1.54) is 18.2 Å². The van der Waals surface area contributed by atoms with E-state index in [1.54, 1.807) is 17.9 Å². The highest BCUT2D eigenvalue weighted by molar-refractivity contribution is 5.92. The van der Waals surface area contributed by atoms with Crippen molar-refractivity contribution >= 4 is 5.91 Å². The molecule has 1 aromatic heterocycles. The summed E-state index contributed by atoms with van der Waals surface area (Å²) in [7, 11) is 0. The van der Waals surface area contributed by atoms with Crippen LogP contribution in [0, 0.1) is 17.0 Å². The van der Waals surface area contributed by atoms with E-state index in [0.29, 0.717) is 31.6 Å². The van der Waals surface area contributed by atoms with E-state index in [1.807, 2.05) is 0 Å². The maximum Gasteiger partial charge on any atom is 0.235 e. The Labute approximate surface area is 174 Å². The number of nitrogens with zero attached hydrogens (tertiary/aromatic N) is 3. The van der Waals surface area contributed by atoms with Crippen LogP contribution in [0.5, 0.6) is 0 Å². The summed E-state index contributed by atoms with van der Waals surface area (Å²) >= 11 is 0. The third-order valence-electron chi connectivity index (χ3n) is 7.71. The predicted octanol–water partition coefficient (Wildman–Crippen LogP) is 3.56. The monoisotopic (exact) mass is 413 g/mol. The first-order valence-electron chi connectivity index (χ1n) is 10.4. The number of carbonyl (C=O) groups is 1. The van der Waals surface area contributed by atoms with Crippen LogP contribution in [0.2, 0.25) is 0 Å². The van der Waals surface area contributed by atoms with Crippen LogP contribution in [-0.2, 0) is 10.2 Å². The van der Waals surface area contributed by atoms with E-state index in [2.05, 4.69) is 24.0 Å². The van der Waals surface area contributed by atoms with E-state index in [0.717, 1.165) is 12.0 Å². The largest absolute Gasteiger partial charge is 0.388 e. The minimum Gasteiger partial charge on any atom is -0.388 e. The number of fused-ring (bicyclic) bond motifs is 5. The first kappa shape index (κ1) is 19.5. The lowest BCUT2D eigenvalue weighted by Gasteiger charge is -2.39. The van der Waals surface area contributed by atoms with Gasteiger partial charge < -0.3 is 10.0 Å². The molecule has 1 aromatic carbocycles. The number of aliphatic hydroxyl groups is 1. The van der Waals surface area contributed by atoms with Gasteiger partial charge in [-0.2, -0.15) is 5.10 Å². The highest BCUT2D eigenvalue weighted by atomic mass is 19.1. The third kappa shape index (κ3) is 2.38. The van der Waals surface area contributed by atoms with Crippen LogP contribution in [0.3, 0.4) is 0 Å². The van der Waals surface area contributed by atoms with Crippen LogP contribution in [0.1, 0.15) is 57.2 Å². The number of β-amino-alcohol motifs (C(OH)–C–C–N with tert-alkyl or cyclic N) is 1. The molecule has 2 bridgehead atoms. The topological polar surface area (TPSA) is 66.3 Å². The SMILES string of the molecule is CC1(O)CCN(C(=O)[C@]23CC[C@H](c4cc(-c5c(F)cccc5F)nnc42)C3(C)C)C1. The fraction of sp³-hybridized carbons (Fsp3) is 0.522. The van der Waals surface area contributed by atoms with Gasteiger partial charge in [-0.15, -0.1) is 5.10 Å². The minimum absolute atomic E-state index is 0.0225. The summed E-state index contributed by atoms with van der Waals surface area (Å²) in [6, 6.07) is 5.44. The molecule has 3 aliphatic rings. The lowest BCUT2D eigenvalue weighted by molar-refractivity contribution is -0.140. The summed E-state index contributed by atoms with van der Waals surface area (Å²) < 4.78 is 28.6. The molecule has 1 saturated heterocycles. The summed E-state index contributed by atoms with van der Waals surface area (Å²) in [5.41, 5.74) is -0.662. The number of amides is 1. The van der Waals surface area contributed by atoms with Gasteiger partial charge in [0.1, 0.15) is 11.6 Å². The zero-order chi connectivity index (χ0) is 21.5. The lowest BCUT2D eigenvalue weighted by atomic mass is 9.67. The van der Waals surface area contributed by atoms with Gasteiger partial charge in [-0.05, 0) is 61.3 Å². The summed E-state index contributed by atoms with van der Waals surface area (Å²) in [4.78, 5) is 15.5. The number of aromatic nitrogens is 2. The average molecular weight is 413 g/mol. The van der Waals surface area contributed by atoms with E-state index in [4.69, 9.17) is 0 Å². The van der Waals surface area contributed by atoms with Gasteiger partial charge in [-0.3, -0.25) is 4.79 Å². The minimum atomic E-state index is -0.881. The second kappa shape index (κ2) is 6.06. The molecule has 1 N–H and O–H groups in total. The second-order valence-corrected chi connectivity index (χ2v) is 9.82. The van der Waals surface area contributed by atoms with Gasteiger partial charge in [0, 0.05) is 13.1 Å². The Kier molecular flexibility index (Phi) is 3.95. The normalized spacial score (nSPS) is 31.3. The van der Waals surface area contributed by atoms with E-state index in [9.17, 15) is 18.7 Å². The summed E-state index contributed by atoms with van der Waals surface area (Å²) in [5, 5.41) is 18.9. The maximum atomic E-state index is 14.3. The Morgan fingerprint density at radius 2 is 1.87 bits per heavy atom. The van der Waals surface area contributed by atoms with Crippen molar-refractivity contribution in [2.75, 3.05) is 13.1 Å². The van der Waals surface area contributed by atoms with Gasteiger partial charge in [0.2, 0.25) is 5.91 Å². The van der Waals surface area contributed by atoms with Gasteiger partial charge in [-0.1, -0.05) is 19.9 Å². The maximum absolute atomic E-state index is 14.3. The Hall–Kier alpha value is -2.41. The summed E-state index contributed by atoms with van der Waals surface area (Å²) in [6.45, 7) is 6.70. The lowest BCUT2D eigenvalue weighted by Crippen LogP contribution is -2.51. The third-order valence-corrected chi connectivity index (χ3v) is 7.71. The van der Waals surface area contributed by atoms with Crippen LogP contribution in [-0.4, -0.2) is 44.8 Å². The summed E-state index contributed by atoms with van der Waals surface area (Å²) in [5.74, 6) is -1.33. The van der Waals surface area contributed by atoms with Gasteiger partial charge in [-0.25, -0.2) is 8.78 Å². The van der Waals surface area contributed by atoms with Crippen molar-refractivity contribution in [1.82, 2.24) is 15.1 Å². The van der Waals surface area contributed by atoms with Crippen molar-refractivity contribution < 1.29 is 18.7 Å². The molecule has 1 amide bonds. The summed E-state index contributed by atoms with van der Waals surface area (Å²) in [6.07, 6.45) is 2.01. The van der Waals surface area contributed by atoms with E-state index in [-0.39, 0.29) is 23.1 Å². The van der Waals surface area contributed by atoms with Gasteiger partial charge in [0.15, 0.2) is 0 Å². The van der Waals surface area contributed by atoms with Crippen LogP contribution >= 0.6 is 0 Å². The molecule has 158 valence electrons. The van der Waals surface area contributed by atoms with Crippen LogP contribution < -0.4 is 0 Å². The molecular weight excluding hydrogens is 388 g/mol. The molecule has 7 heteroatoms. The average Bonchev–Trinajstić information content (AvgIpc) is 3.24. The highest BCUT2D eigenvalue weighted by Crippen LogP contribution is 2.68. The second-order valence-electron chi connectivity index (χ2n) is 9.82. The molecule has 3 atom stereocenters. The molecule has 5 nitrogen and oxygen atoms in total. The van der Waals surface area contributed by atoms with E-state index >= 15 is 0 Å². The number of carbonyl (C=O) groups excluding carboxylic acids is 1. The van der Waals surface area contributed by atoms with Crippen molar-refractivity contribution in [3.8, 4) is 11.3 Å². The molecule has 0 spiro atoms. The molecule has 1 aliphatic heterocycles. The number of likely N-dealkylation sites (tertiary alicyclic amines) is 1. The number of benzene rings is 1. The van der Waals surface area contributed by atoms with Crippen molar-refractivity contribution in [2.24, 2.45) is 5.41 Å². The van der Waals surface area contributed by atoms with Gasteiger partial charge in [0.25, 0.3) is 0 Å². The molecular formula is C23H25F2N3O2. The van der Waals surface area contributed by atoms with Crippen LogP contribution in [0.15, 0.2) is 24.3 Å². The Balaban J connectivity index is 1.62. The molecule has 2 fully saturated rings. The Morgan fingerprint density at radius 1 is 1.17 bits per heavy atom. The number of hydrogen-bond acceptors (Lipinski definition) is 4. The quantitative estimate of drug-likeness (QED) is 0.818. The van der Waals surface area contributed by atoms with Crippen LogP contribution in [0.4, 0.5) is 8.78 Å². The van der Waals surface area contributed by atoms with Crippen molar-refractivity contribution in [3.63, 3.8) is 0 Å². The van der Waals surface area contributed by atoms with Gasteiger partial charge in [0.05, 0.1) is 28.0 Å². The molecule has 30 heavy (non-hydrogen) atoms. The standard InChI is InChI=1S/C23H25F2N3O2/c1-21(2)14-7-8-23(21,20(29)28-10-9-22(3,30)12-28)19-13(14)11-17(26-27-19)18-15(24)5-4-6-16(18)25/h4-6,11,14,30H,7-10,12H2,1-3H3/t14-,22?,23+/m1/s1. The fourth-order valence-corrected chi connectivity index (χ4v) is 6.05. The molecule has 0 radical (unpaired) electrons. The zero-order valence-corrected chi connectivity index (χ0v) is 17.4. The first-order valence-corrected chi connectivity index (χ1v) is 10.4. The first-order chi connectivity index (χ1) is 14.1. The number of rotatable bonds is 2. The Bertz CT molecular complexity index is 1050. The molecule has 2 aromatic rings. The van der Waals surface area contributed by atoms with E-state index < -0.39 is 28.1 Å². The molecule has 1 unspecified atom stereocenters. The van der Waals surface area contributed by atoms with Crippen molar-refractivity contribution in [2.45, 2.75) is 57.0 Å². The Morgan fingerprint density at radius 3 is 2.50 bits per heavy atom. The number of halogens is 2. The van der Waals surface area contributed by atoms with Crippen molar-refractivity contribution in [1.29, 1.82) is 0 Å². The van der Waals surface area contributed by atoms with Crippen LogP contribution in [0.25, 0.3) is 11.3 Å².